The number of nitrogens with zero attached hydrogens (tertiary/aromatic N) is 1. The average molecular weight is 267 g/mol. The van der Waals surface area contributed by atoms with Gasteiger partial charge in [-0.05, 0) is 32.7 Å². The second-order valence-corrected chi connectivity index (χ2v) is 5.85. The Hall–Kier alpha value is -0.940. The molecule has 1 amide bonds. The van der Waals surface area contributed by atoms with E-state index in [1.807, 2.05) is 12.4 Å². The third-order valence-corrected chi connectivity index (χ3v) is 4.37. The maximum atomic E-state index is 11.9. The first-order chi connectivity index (χ1) is 8.69. The van der Waals surface area contributed by atoms with Crippen LogP contribution in [0.25, 0.3) is 0 Å². The Balaban J connectivity index is 1.84. The van der Waals surface area contributed by atoms with E-state index < -0.39 is 0 Å². The van der Waals surface area contributed by atoms with Crippen LogP contribution in [0.2, 0.25) is 0 Å². The first-order valence-corrected chi connectivity index (χ1v) is 7.49. The van der Waals surface area contributed by atoms with E-state index in [9.17, 15) is 4.79 Å². The van der Waals surface area contributed by atoms with E-state index in [1.54, 1.807) is 0 Å². The maximum Gasteiger partial charge on any atom is 0.226 e. The fraction of sp³-hybridized carbons (Fsp3) is 0.692. The molecule has 2 N–H and O–H groups in total. The van der Waals surface area contributed by atoms with Crippen LogP contribution in [-0.2, 0) is 4.79 Å². The molecule has 1 saturated carbocycles. The summed E-state index contributed by atoms with van der Waals surface area (Å²) in [6.07, 6.45) is 5.61. The number of carbonyl (C=O) groups is 1. The molecule has 1 aromatic heterocycles. The van der Waals surface area contributed by atoms with Crippen molar-refractivity contribution in [2.24, 2.45) is 5.92 Å². The molecule has 1 atom stereocenters. The lowest BCUT2D eigenvalue weighted by molar-refractivity contribution is -0.117. The van der Waals surface area contributed by atoms with E-state index in [0.29, 0.717) is 12.3 Å². The Morgan fingerprint density at radius 3 is 2.94 bits per heavy atom. The molecule has 1 aliphatic rings. The maximum absolute atomic E-state index is 11.9. The number of anilines is 1. The molecule has 0 bridgehead atoms. The van der Waals surface area contributed by atoms with E-state index >= 15 is 0 Å². The predicted molar refractivity (Wildman–Crippen MR) is 74.8 cm³/mol. The number of hydrogen-bond donors (Lipinski definition) is 2. The highest BCUT2D eigenvalue weighted by Gasteiger charge is 2.19. The molecule has 1 unspecified atom stereocenters. The number of carbonyl (C=O) groups excluding carboxylic acids is 1. The monoisotopic (exact) mass is 267 g/mol. The van der Waals surface area contributed by atoms with Crippen molar-refractivity contribution in [1.82, 2.24) is 10.3 Å². The van der Waals surface area contributed by atoms with Crippen molar-refractivity contribution < 1.29 is 4.79 Å². The van der Waals surface area contributed by atoms with Gasteiger partial charge in [-0.25, -0.2) is 4.98 Å². The van der Waals surface area contributed by atoms with Gasteiger partial charge in [-0.2, -0.15) is 0 Å². The van der Waals surface area contributed by atoms with Crippen molar-refractivity contribution in [2.75, 3.05) is 12.4 Å². The number of amides is 1. The molecule has 1 aliphatic carbocycles. The third-order valence-electron chi connectivity index (χ3n) is 3.59. The summed E-state index contributed by atoms with van der Waals surface area (Å²) in [5.74, 6) is 0.695. The van der Waals surface area contributed by atoms with E-state index in [4.69, 9.17) is 0 Å². The molecule has 2 rings (SSSR count). The second-order valence-electron chi connectivity index (χ2n) is 4.99. The summed E-state index contributed by atoms with van der Waals surface area (Å²) in [5.41, 5.74) is 0.985. The normalized spacial score (nSPS) is 17.9. The molecule has 0 aliphatic heterocycles. The fourth-order valence-electron chi connectivity index (χ4n) is 2.34. The number of nitrogens with one attached hydrogen (secondary N) is 2. The lowest BCUT2D eigenvalue weighted by atomic mass is 10.0. The molecule has 1 aromatic rings. The van der Waals surface area contributed by atoms with Gasteiger partial charge in [0.05, 0.1) is 5.69 Å². The summed E-state index contributed by atoms with van der Waals surface area (Å²) < 4.78 is 0. The van der Waals surface area contributed by atoms with Crippen LogP contribution in [0.15, 0.2) is 5.38 Å². The molecule has 18 heavy (non-hydrogen) atoms. The fourth-order valence-corrected chi connectivity index (χ4v) is 3.16. The molecule has 0 radical (unpaired) electrons. The molecule has 5 heteroatoms. The zero-order valence-corrected chi connectivity index (χ0v) is 11.8. The van der Waals surface area contributed by atoms with E-state index in [1.165, 1.54) is 37.0 Å². The summed E-state index contributed by atoms with van der Waals surface area (Å²) in [5, 5.41) is 8.76. The zero-order chi connectivity index (χ0) is 13.0. The third kappa shape index (κ3) is 3.53. The molecular formula is C13H21N3OS. The van der Waals surface area contributed by atoms with E-state index in [2.05, 4.69) is 22.5 Å². The van der Waals surface area contributed by atoms with Gasteiger partial charge in [-0.1, -0.05) is 12.8 Å². The Labute approximate surface area is 112 Å². The van der Waals surface area contributed by atoms with Crippen LogP contribution in [0.1, 0.15) is 50.8 Å². The van der Waals surface area contributed by atoms with Gasteiger partial charge in [-0.3, -0.25) is 4.79 Å². The minimum Gasteiger partial charge on any atom is -0.312 e. The van der Waals surface area contributed by atoms with Crippen molar-refractivity contribution in [2.45, 2.75) is 45.1 Å². The zero-order valence-electron chi connectivity index (χ0n) is 11.0. The van der Waals surface area contributed by atoms with Crippen LogP contribution in [0.4, 0.5) is 5.13 Å². The molecule has 1 heterocycles. The van der Waals surface area contributed by atoms with Crippen LogP contribution < -0.4 is 10.6 Å². The van der Waals surface area contributed by atoms with Crippen LogP contribution in [0.3, 0.4) is 0 Å². The van der Waals surface area contributed by atoms with Gasteiger partial charge >= 0.3 is 0 Å². The topological polar surface area (TPSA) is 54.0 Å². The number of rotatable bonds is 5. The van der Waals surface area contributed by atoms with Crippen molar-refractivity contribution in [1.29, 1.82) is 0 Å². The quantitative estimate of drug-likeness (QED) is 0.862. The number of thiazole rings is 1. The van der Waals surface area contributed by atoms with Gasteiger partial charge < -0.3 is 10.6 Å². The lowest BCUT2D eigenvalue weighted by Crippen LogP contribution is -2.16. The van der Waals surface area contributed by atoms with Gasteiger partial charge in [0.25, 0.3) is 0 Å². The van der Waals surface area contributed by atoms with Gasteiger partial charge in [0.2, 0.25) is 5.91 Å². The first kappa shape index (κ1) is 13.5. The van der Waals surface area contributed by atoms with Crippen molar-refractivity contribution >= 4 is 22.4 Å². The average Bonchev–Trinajstić information content (AvgIpc) is 2.99. The minimum atomic E-state index is 0.111. The summed E-state index contributed by atoms with van der Waals surface area (Å²) in [6.45, 7) is 2.05. The molecule has 100 valence electrons. The molecule has 0 aromatic carbocycles. The van der Waals surface area contributed by atoms with Crippen molar-refractivity contribution in [3.63, 3.8) is 0 Å². The van der Waals surface area contributed by atoms with Crippen LogP contribution in [-0.4, -0.2) is 17.9 Å². The molecule has 1 fully saturated rings. The SMILES string of the molecule is CNC(C)c1csc(NC(=O)CC2CCCC2)n1. The minimum absolute atomic E-state index is 0.111. The highest BCUT2D eigenvalue weighted by molar-refractivity contribution is 7.13. The van der Waals surface area contributed by atoms with Crippen LogP contribution in [0, 0.1) is 5.92 Å². The van der Waals surface area contributed by atoms with E-state index in [0.717, 1.165) is 10.8 Å². The van der Waals surface area contributed by atoms with Crippen LogP contribution in [0.5, 0.6) is 0 Å². The second kappa shape index (κ2) is 6.29. The van der Waals surface area contributed by atoms with Crippen molar-refractivity contribution in [3.05, 3.63) is 11.1 Å². The summed E-state index contributed by atoms with van der Waals surface area (Å²) >= 11 is 1.50. The Kier molecular flexibility index (Phi) is 4.72. The van der Waals surface area contributed by atoms with Crippen LogP contribution >= 0.6 is 11.3 Å². The first-order valence-electron chi connectivity index (χ1n) is 6.61. The molecule has 0 saturated heterocycles. The van der Waals surface area contributed by atoms with Gasteiger partial charge in [0.15, 0.2) is 5.13 Å². The summed E-state index contributed by atoms with van der Waals surface area (Å²) in [7, 11) is 1.91. The Morgan fingerprint density at radius 2 is 2.28 bits per heavy atom. The molecule has 4 nitrogen and oxygen atoms in total. The van der Waals surface area contributed by atoms with Gasteiger partial charge in [0.1, 0.15) is 0 Å². The number of hydrogen-bond acceptors (Lipinski definition) is 4. The smallest absolute Gasteiger partial charge is 0.226 e. The molecular weight excluding hydrogens is 246 g/mol. The van der Waals surface area contributed by atoms with Crippen molar-refractivity contribution in [3.8, 4) is 0 Å². The summed E-state index contributed by atoms with van der Waals surface area (Å²) in [6, 6.07) is 0.224. The Morgan fingerprint density at radius 1 is 1.56 bits per heavy atom. The highest BCUT2D eigenvalue weighted by Crippen LogP contribution is 2.28. The number of aromatic nitrogens is 1. The summed E-state index contributed by atoms with van der Waals surface area (Å²) in [4.78, 5) is 16.3. The van der Waals surface area contributed by atoms with E-state index in [-0.39, 0.29) is 11.9 Å². The highest BCUT2D eigenvalue weighted by atomic mass is 32.1. The predicted octanol–water partition coefficient (Wildman–Crippen LogP) is 2.94. The Bertz CT molecular complexity index is 399. The lowest BCUT2D eigenvalue weighted by Gasteiger charge is -2.08. The largest absolute Gasteiger partial charge is 0.312 e. The molecule has 0 spiro atoms. The van der Waals surface area contributed by atoms with Gasteiger partial charge in [0, 0.05) is 17.8 Å². The van der Waals surface area contributed by atoms with Gasteiger partial charge in [-0.15, -0.1) is 11.3 Å². The standard InChI is InChI=1S/C13H21N3OS/c1-9(14-2)11-8-18-13(15-11)16-12(17)7-10-5-3-4-6-10/h8-10,14H,3-7H2,1-2H3,(H,15,16,17).